The first-order chi connectivity index (χ1) is 3.22. The Labute approximate surface area is 44.0 Å². The highest BCUT2D eigenvalue weighted by molar-refractivity contribution is 5.08. The van der Waals surface area contributed by atoms with Gasteiger partial charge in [0, 0.05) is 0 Å². The second kappa shape index (κ2) is 1.34. The first-order valence-electron chi connectivity index (χ1n) is 2.52. The lowest BCUT2D eigenvalue weighted by Gasteiger charge is -1.82. The van der Waals surface area contributed by atoms with E-state index in [1.165, 1.54) is 0 Å². The Bertz CT molecular complexity index is 96.4. The van der Waals surface area contributed by atoms with Gasteiger partial charge in [0.2, 0.25) is 0 Å². The van der Waals surface area contributed by atoms with Gasteiger partial charge in [-0.15, -0.1) is 0 Å². The minimum atomic E-state index is 0.375. The molecule has 1 rings (SSSR count). The number of hydrogen-bond donors (Lipinski definition) is 0. The average Bonchev–Trinajstić information content (AvgIpc) is 2.17. The van der Waals surface area contributed by atoms with E-state index in [1.54, 1.807) is 0 Å². The van der Waals surface area contributed by atoms with E-state index in [1.807, 2.05) is 6.92 Å². The van der Waals surface area contributed by atoms with E-state index >= 15 is 0 Å². The zero-order chi connectivity index (χ0) is 5.44. The maximum absolute atomic E-state index is 5.08. The van der Waals surface area contributed by atoms with Crippen molar-refractivity contribution in [3.05, 3.63) is 12.2 Å². The molecule has 0 radical (unpaired) electrons. The molecular weight excluding hydrogens is 88.1 g/mol. The third kappa shape index (κ3) is 0.829. The van der Waals surface area contributed by atoms with E-state index in [2.05, 4.69) is 13.5 Å². The summed E-state index contributed by atoms with van der Waals surface area (Å²) in [5, 5.41) is 0. The Hall–Kier alpha value is -0.300. The average molecular weight is 98.1 g/mol. The minimum Gasteiger partial charge on any atom is -0.365 e. The predicted molar refractivity (Wildman–Crippen MR) is 29.1 cm³/mol. The number of hydrogen-bond acceptors (Lipinski definition) is 1. The van der Waals surface area contributed by atoms with Crippen molar-refractivity contribution in [1.82, 2.24) is 0 Å². The van der Waals surface area contributed by atoms with Gasteiger partial charge in [-0.25, -0.2) is 0 Å². The number of epoxide rings is 1. The summed E-state index contributed by atoms with van der Waals surface area (Å²) in [7, 11) is 0. The summed E-state index contributed by atoms with van der Waals surface area (Å²) < 4.78 is 5.08. The molecule has 0 aliphatic carbocycles. The van der Waals surface area contributed by atoms with Crippen LogP contribution in [-0.4, -0.2) is 12.2 Å². The predicted octanol–water partition coefficient (Wildman–Crippen LogP) is 1.35. The van der Waals surface area contributed by atoms with Gasteiger partial charge in [-0.05, 0) is 19.4 Å². The van der Waals surface area contributed by atoms with Crippen molar-refractivity contribution < 1.29 is 4.74 Å². The van der Waals surface area contributed by atoms with Crippen molar-refractivity contribution in [3.8, 4) is 0 Å². The molecule has 40 valence electrons. The molecule has 1 aliphatic heterocycles. The Morgan fingerprint density at radius 3 is 2.14 bits per heavy atom. The zero-order valence-electron chi connectivity index (χ0n) is 4.77. The monoisotopic (exact) mass is 98.1 g/mol. The van der Waals surface area contributed by atoms with Crippen molar-refractivity contribution in [2.24, 2.45) is 0 Å². The van der Waals surface area contributed by atoms with E-state index < -0.39 is 0 Å². The topological polar surface area (TPSA) is 12.5 Å². The van der Waals surface area contributed by atoms with Gasteiger partial charge in [-0.1, -0.05) is 6.58 Å². The molecule has 0 bridgehead atoms. The molecule has 0 N–H and O–H groups in total. The maximum atomic E-state index is 5.08. The fourth-order valence-electron chi connectivity index (χ4n) is 0.703. The molecule has 0 aromatic carbocycles. The molecule has 7 heavy (non-hydrogen) atoms. The Morgan fingerprint density at radius 1 is 1.71 bits per heavy atom. The third-order valence-corrected chi connectivity index (χ3v) is 1.20. The van der Waals surface area contributed by atoms with Gasteiger partial charge in [0.1, 0.15) is 6.10 Å². The second-order valence-electron chi connectivity index (χ2n) is 2.11. The molecule has 2 atom stereocenters. The zero-order valence-corrected chi connectivity index (χ0v) is 4.77. The normalized spacial score (nSPS) is 38.0. The van der Waals surface area contributed by atoms with Crippen molar-refractivity contribution in [2.75, 3.05) is 0 Å². The molecule has 0 saturated carbocycles. The first-order valence-corrected chi connectivity index (χ1v) is 2.52. The Balaban J connectivity index is 2.33. The van der Waals surface area contributed by atoms with Crippen LogP contribution in [0.5, 0.6) is 0 Å². The molecule has 1 aliphatic rings. The van der Waals surface area contributed by atoms with Crippen molar-refractivity contribution in [1.29, 1.82) is 0 Å². The van der Waals surface area contributed by atoms with Crippen LogP contribution in [0.4, 0.5) is 0 Å². The van der Waals surface area contributed by atoms with E-state index in [0.717, 1.165) is 5.57 Å². The summed E-state index contributed by atoms with van der Waals surface area (Å²) in [5.41, 5.74) is 1.15. The van der Waals surface area contributed by atoms with E-state index in [9.17, 15) is 0 Å². The molecular formula is C6H10O. The third-order valence-electron chi connectivity index (χ3n) is 1.20. The first kappa shape index (κ1) is 4.85. The van der Waals surface area contributed by atoms with E-state index in [-0.39, 0.29) is 0 Å². The molecule has 1 nitrogen and oxygen atoms in total. The van der Waals surface area contributed by atoms with Gasteiger partial charge >= 0.3 is 0 Å². The van der Waals surface area contributed by atoms with Gasteiger partial charge in [0.25, 0.3) is 0 Å². The summed E-state index contributed by atoms with van der Waals surface area (Å²) in [6.07, 6.45) is 0.817. The van der Waals surface area contributed by atoms with Gasteiger partial charge in [-0.3, -0.25) is 0 Å². The van der Waals surface area contributed by atoms with Crippen LogP contribution in [0.15, 0.2) is 12.2 Å². The van der Waals surface area contributed by atoms with Crippen LogP contribution in [0.25, 0.3) is 0 Å². The van der Waals surface area contributed by atoms with E-state index in [0.29, 0.717) is 12.2 Å². The molecule has 1 heteroatoms. The van der Waals surface area contributed by atoms with Crippen molar-refractivity contribution in [2.45, 2.75) is 26.1 Å². The van der Waals surface area contributed by atoms with Crippen LogP contribution in [0.2, 0.25) is 0 Å². The maximum Gasteiger partial charge on any atom is 0.104 e. The minimum absolute atomic E-state index is 0.375. The second-order valence-corrected chi connectivity index (χ2v) is 2.11. The Morgan fingerprint density at radius 2 is 2.14 bits per heavy atom. The van der Waals surface area contributed by atoms with Gasteiger partial charge in [-0.2, -0.15) is 0 Å². The van der Waals surface area contributed by atoms with Gasteiger partial charge < -0.3 is 4.74 Å². The van der Waals surface area contributed by atoms with Crippen molar-refractivity contribution in [3.63, 3.8) is 0 Å². The summed E-state index contributed by atoms with van der Waals surface area (Å²) >= 11 is 0. The molecule has 0 aromatic rings. The SMILES string of the molecule is C=C(C)[C@@H]1O[C@H]1C. The summed E-state index contributed by atoms with van der Waals surface area (Å²) in [4.78, 5) is 0. The quantitative estimate of drug-likeness (QED) is 0.356. The number of rotatable bonds is 1. The largest absolute Gasteiger partial charge is 0.365 e. The molecule has 0 amide bonds. The van der Waals surface area contributed by atoms with Crippen LogP contribution in [0, 0.1) is 0 Å². The number of ether oxygens (including phenoxy) is 1. The highest BCUT2D eigenvalue weighted by atomic mass is 16.6. The van der Waals surface area contributed by atoms with Gasteiger partial charge in [0.05, 0.1) is 6.10 Å². The molecule has 1 heterocycles. The van der Waals surface area contributed by atoms with Crippen LogP contribution in [0.1, 0.15) is 13.8 Å². The van der Waals surface area contributed by atoms with Crippen molar-refractivity contribution >= 4 is 0 Å². The lowest BCUT2D eigenvalue weighted by Crippen LogP contribution is -1.87. The summed E-state index contributed by atoms with van der Waals surface area (Å²) in [5.74, 6) is 0. The highest BCUT2D eigenvalue weighted by Crippen LogP contribution is 2.26. The smallest absolute Gasteiger partial charge is 0.104 e. The molecule has 0 aromatic heterocycles. The molecule has 1 saturated heterocycles. The summed E-state index contributed by atoms with van der Waals surface area (Å²) in [6, 6.07) is 0. The standard InChI is InChI=1S/C6H10O/c1-4(2)6-5(3)7-6/h5-6H,1H2,2-3H3/t5-,6-/m0/s1. The van der Waals surface area contributed by atoms with Crippen LogP contribution in [0.3, 0.4) is 0 Å². The van der Waals surface area contributed by atoms with Gasteiger partial charge in [0.15, 0.2) is 0 Å². The van der Waals surface area contributed by atoms with Crippen LogP contribution < -0.4 is 0 Å². The fourth-order valence-corrected chi connectivity index (χ4v) is 0.703. The molecule has 0 spiro atoms. The fraction of sp³-hybridized carbons (Fsp3) is 0.667. The highest BCUT2D eigenvalue weighted by Gasteiger charge is 2.34. The van der Waals surface area contributed by atoms with Crippen LogP contribution >= 0.6 is 0 Å². The van der Waals surface area contributed by atoms with Crippen LogP contribution in [-0.2, 0) is 4.74 Å². The molecule has 1 fully saturated rings. The lowest BCUT2D eigenvalue weighted by molar-refractivity contribution is 0.395. The summed E-state index contributed by atoms with van der Waals surface area (Å²) in [6.45, 7) is 7.79. The lowest BCUT2D eigenvalue weighted by atomic mass is 10.2. The van der Waals surface area contributed by atoms with E-state index in [4.69, 9.17) is 4.74 Å². The Kier molecular flexibility index (Phi) is 0.927. The molecule has 0 unspecified atom stereocenters.